The summed E-state index contributed by atoms with van der Waals surface area (Å²) >= 11 is 5.13. The third-order valence-corrected chi connectivity index (χ3v) is 7.22. The first-order chi connectivity index (χ1) is 14.0. The Morgan fingerprint density at radius 2 is 2.31 bits per heavy atom. The van der Waals surface area contributed by atoms with Crippen molar-refractivity contribution < 1.29 is 14.3 Å². The number of fused-ring (bicyclic) bond motifs is 1. The molecule has 156 valence electrons. The Hall–Kier alpha value is -1.44. The number of halogens is 1. The fourth-order valence-electron chi connectivity index (χ4n) is 4.39. The second kappa shape index (κ2) is 9.14. The van der Waals surface area contributed by atoms with Gasteiger partial charge in [-0.15, -0.1) is 11.3 Å². The molecule has 1 aromatic carbocycles. The minimum Gasteiger partial charge on any atom is -0.490 e. The highest BCUT2D eigenvalue weighted by Gasteiger charge is 2.35. The van der Waals surface area contributed by atoms with Crippen LogP contribution < -0.4 is 10.1 Å². The molecule has 1 amide bonds. The van der Waals surface area contributed by atoms with Gasteiger partial charge in [0.2, 0.25) is 5.91 Å². The first kappa shape index (κ1) is 20.8. The summed E-state index contributed by atoms with van der Waals surface area (Å²) in [6.07, 6.45) is 8.84. The smallest absolute Gasteiger partial charge is 0.227 e. The normalized spacial score (nSPS) is 24.0. The van der Waals surface area contributed by atoms with E-state index in [1.54, 1.807) is 6.20 Å². The van der Waals surface area contributed by atoms with E-state index in [9.17, 15) is 4.79 Å². The zero-order chi connectivity index (χ0) is 20.3. The number of ether oxygens (including phenoxy) is 2. The molecular formula is C22H27BrN2O3S. The zero-order valence-electron chi connectivity index (χ0n) is 16.7. The third kappa shape index (κ3) is 5.01. The molecule has 1 N–H and O–H groups in total. The van der Waals surface area contributed by atoms with E-state index in [0.29, 0.717) is 18.2 Å². The number of anilines is 1. The van der Waals surface area contributed by atoms with Gasteiger partial charge in [0.15, 0.2) is 5.13 Å². The lowest BCUT2D eigenvalue weighted by molar-refractivity contribution is -0.117. The third-order valence-electron chi connectivity index (χ3n) is 5.91. The highest BCUT2D eigenvalue weighted by molar-refractivity contribution is 9.10. The molecule has 0 radical (unpaired) electrons. The highest BCUT2D eigenvalue weighted by atomic mass is 79.9. The molecule has 7 heteroatoms. The number of carbonyl (C=O) groups excluding carboxylic acids is 1. The molecule has 1 aliphatic carbocycles. The molecule has 0 saturated carbocycles. The van der Waals surface area contributed by atoms with Crippen LogP contribution in [0.2, 0.25) is 0 Å². The van der Waals surface area contributed by atoms with Crippen molar-refractivity contribution >= 4 is 38.3 Å². The topological polar surface area (TPSA) is 60.5 Å². The van der Waals surface area contributed by atoms with E-state index in [0.717, 1.165) is 48.9 Å². The van der Waals surface area contributed by atoms with E-state index >= 15 is 0 Å². The maximum absolute atomic E-state index is 12.6. The lowest BCUT2D eigenvalue weighted by Gasteiger charge is -2.36. The van der Waals surface area contributed by atoms with Crippen molar-refractivity contribution in [3.8, 4) is 5.75 Å². The number of benzene rings is 1. The van der Waals surface area contributed by atoms with Crippen molar-refractivity contribution in [3.05, 3.63) is 39.3 Å². The van der Waals surface area contributed by atoms with Crippen LogP contribution in [0.15, 0.2) is 28.2 Å². The molecule has 0 bridgehead atoms. The Morgan fingerprint density at radius 3 is 3.07 bits per heavy atom. The number of rotatable bonds is 6. The number of aromatic nitrogens is 1. The van der Waals surface area contributed by atoms with Gasteiger partial charge in [0.1, 0.15) is 12.4 Å². The summed E-state index contributed by atoms with van der Waals surface area (Å²) < 4.78 is 12.8. The molecule has 2 unspecified atom stereocenters. The van der Waals surface area contributed by atoms with Gasteiger partial charge in [-0.3, -0.25) is 4.79 Å². The van der Waals surface area contributed by atoms with E-state index in [2.05, 4.69) is 45.3 Å². The number of nitrogens with one attached hydrogen (secondary N) is 1. The quantitative estimate of drug-likeness (QED) is 0.597. The Kier molecular flexibility index (Phi) is 6.56. The maximum Gasteiger partial charge on any atom is 0.227 e. The lowest BCUT2D eigenvalue weighted by atomic mass is 9.69. The van der Waals surface area contributed by atoms with Gasteiger partial charge in [0, 0.05) is 30.0 Å². The number of hydrogen-bond donors (Lipinski definition) is 1. The summed E-state index contributed by atoms with van der Waals surface area (Å²) in [5, 5.41) is 5.45. The van der Waals surface area contributed by atoms with Gasteiger partial charge in [-0.2, -0.15) is 0 Å². The van der Waals surface area contributed by atoms with E-state index in [4.69, 9.17) is 9.47 Å². The molecule has 2 aromatic rings. The Morgan fingerprint density at radius 1 is 1.41 bits per heavy atom. The largest absolute Gasteiger partial charge is 0.490 e. The van der Waals surface area contributed by atoms with Crippen LogP contribution >= 0.6 is 27.3 Å². The van der Waals surface area contributed by atoms with Gasteiger partial charge in [0.25, 0.3) is 0 Å². The molecule has 1 fully saturated rings. The van der Waals surface area contributed by atoms with Crippen molar-refractivity contribution in [2.75, 3.05) is 18.5 Å². The summed E-state index contributed by atoms with van der Waals surface area (Å²) in [6, 6.07) is 4.31. The maximum atomic E-state index is 12.6. The molecule has 5 nitrogen and oxygen atoms in total. The van der Waals surface area contributed by atoms with Crippen LogP contribution in [-0.2, 0) is 21.4 Å². The standard InChI is InChI=1S/C22H27BrN2O3S/c1-22(13-20(26)25-21-24-8-10-29-21)7-4-5-15-11-19(18(23)12-17(15)22)28-14-16-6-2-3-9-27-16/h8,10-12,16H,2-7,9,13-14H2,1H3,(H,24,25,26). The summed E-state index contributed by atoms with van der Waals surface area (Å²) in [7, 11) is 0. The van der Waals surface area contributed by atoms with Crippen LogP contribution in [0.3, 0.4) is 0 Å². The zero-order valence-corrected chi connectivity index (χ0v) is 19.1. The fourth-order valence-corrected chi connectivity index (χ4v) is 5.39. The molecular weight excluding hydrogens is 452 g/mol. The second-order valence-corrected chi connectivity index (χ2v) is 9.96. The Labute approximate surface area is 184 Å². The van der Waals surface area contributed by atoms with Crippen molar-refractivity contribution in [2.45, 2.75) is 63.4 Å². The first-order valence-corrected chi connectivity index (χ1v) is 12.0. The van der Waals surface area contributed by atoms with Gasteiger partial charge in [-0.05, 0) is 77.7 Å². The van der Waals surface area contributed by atoms with E-state index in [1.807, 2.05) is 5.38 Å². The minimum absolute atomic E-state index is 0.0150. The SMILES string of the molecule is CC1(CC(=O)Nc2nccs2)CCCc2cc(OCC3CCCCO3)c(Br)cc21. The molecule has 2 atom stereocenters. The van der Waals surface area contributed by atoms with Gasteiger partial charge < -0.3 is 14.8 Å². The number of nitrogens with zero attached hydrogens (tertiary/aromatic N) is 1. The summed E-state index contributed by atoms with van der Waals surface area (Å²) in [5.41, 5.74) is 2.33. The van der Waals surface area contributed by atoms with Crippen LogP contribution in [0.5, 0.6) is 5.75 Å². The van der Waals surface area contributed by atoms with Crippen molar-refractivity contribution in [1.29, 1.82) is 0 Å². The van der Waals surface area contributed by atoms with Crippen LogP contribution in [-0.4, -0.2) is 30.2 Å². The molecule has 0 spiro atoms. The lowest BCUT2D eigenvalue weighted by Crippen LogP contribution is -2.32. The highest BCUT2D eigenvalue weighted by Crippen LogP contribution is 2.43. The van der Waals surface area contributed by atoms with Gasteiger partial charge >= 0.3 is 0 Å². The summed E-state index contributed by atoms with van der Waals surface area (Å²) in [6.45, 7) is 3.61. The van der Waals surface area contributed by atoms with E-state index in [-0.39, 0.29) is 17.4 Å². The predicted molar refractivity (Wildman–Crippen MR) is 119 cm³/mol. The van der Waals surface area contributed by atoms with E-state index in [1.165, 1.54) is 28.9 Å². The minimum atomic E-state index is -0.192. The molecule has 1 saturated heterocycles. The molecule has 4 rings (SSSR count). The van der Waals surface area contributed by atoms with Crippen molar-refractivity contribution in [3.63, 3.8) is 0 Å². The molecule has 29 heavy (non-hydrogen) atoms. The second-order valence-electron chi connectivity index (χ2n) is 8.22. The number of aryl methyl sites for hydroxylation is 1. The average molecular weight is 479 g/mol. The van der Waals surface area contributed by atoms with Crippen molar-refractivity contribution in [2.24, 2.45) is 0 Å². The Bertz CT molecular complexity index is 852. The van der Waals surface area contributed by atoms with Crippen LogP contribution in [0.4, 0.5) is 5.13 Å². The predicted octanol–water partition coefficient (Wildman–Crippen LogP) is 5.48. The first-order valence-electron chi connectivity index (χ1n) is 10.3. The van der Waals surface area contributed by atoms with Gasteiger partial charge in [-0.1, -0.05) is 6.92 Å². The molecule has 1 aliphatic heterocycles. The molecule has 2 heterocycles. The van der Waals surface area contributed by atoms with Crippen LogP contribution in [0.1, 0.15) is 56.6 Å². The Balaban J connectivity index is 1.47. The van der Waals surface area contributed by atoms with Gasteiger partial charge in [-0.25, -0.2) is 4.98 Å². The fraction of sp³-hybridized carbons (Fsp3) is 0.545. The summed E-state index contributed by atoms with van der Waals surface area (Å²) in [5.74, 6) is 0.885. The number of carbonyl (C=O) groups is 1. The summed E-state index contributed by atoms with van der Waals surface area (Å²) in [4.78, 5) is 16.8. The average Bonchev–Trinajstić information content (AvgIpc) is 3.21. The number of amides is 1. The van der Waals surface area contributed by atoms with Crippen LogP contribution in [0, 0.1) is 0 Å². The molecule has 1 aromatic heterocycles. The number of thiazole rings is 1. The van der Waals surface area contributed by atoms with Crippen molar-refractivity contribution in [1.82, 2.24) is 4.98 Å². The number of hydrogen-bond acceptors (Lipinski definition) is 5. The molecule has 2 aliphatic rings. The monoisotopic (exact) mass is 478 g/mol. The van der Waals surface area contributed by atoms with Gasteiger partial charge in [0.05, 0.1) is 10.6 Å². The van der Waals surface area contributed by atoms with Crippen LogP contribution in [0.25, 0.3) is 0 Å². The van der Waals surface area contributed by atoms with E-state index < -0.39 is 0 Å².